The number of aliphatic carboxylic acids is 1. The summed E-state index contributed by atoms with van der Waals surface area (Å²) in [6, 6.07) is 7.28. The number of piperidine rings is 1. The maximum absolute atomic E-state index is 13.5. The molecule has 2 aromatic rings. The number of ether oxygens (including phenoxy) is 3. The van der Waals surface area contributed by atoms with Crippen LogP contribution in [-0.2, 0) is 23.9 Å². The van der Waals surface area contributed by atoms with Crippen LogP contribution in [0.2, 0.25) is 0 Å². The van der Waals surface area contributed by atoms with Crippen LogP contribution in [0.5, 0.6) is 5.75 Å². The molecule has 2 atom stereocenters. The number of nitrogens with zero attached hydrogens (tertiary/aromatic N) is 4. The number of rotatable bonds is 12. The minimum absolute atomic E-state index is 0.0243. The summed E-state index contributed by atoms with van der Waals surface area (Å²) < 4.78 is 16.3. The summed E-state index contributed by atoms with van der Waals surface area (Å²) in [5.74, 6) is -2.17. The zero-order valence-corrected chi connectivity index (χ0v) is 25.7. The number of para-hydroxylation sites is 1. The van der Waals surface area contributed by atoms with Gasteiger partial charge in [-0.15, -0.1) is 0 Å². The second kappa shape index (κ2) is 16.0. The fourth-order valence-corrected chi connectivity index (χ4v) is 5.60. The Morgan fingerprint density at radius 3 is 2.49 bits per heavy atom. The van der Waals surface area contributed by atoms with E-state index in [0.717, 1.165) is 19.3 Å². The quantitative estimate of drug-likeness (QED) is 0.355. The highest BCUT2D eigenvalue weighted by Gasteiger charge is 2.32. The van der Waals surface area contributed by atoms with Crippen LogP contribution in [0.4, 0.5) is 4.79 Å². The number of piperazine rings is 1. The molecule has 45 heavy (non-hydrogen) atoms. The van der Waals surface area contributed by atoms with Crippen molar-refractivity contribution in [3.8, 4) is 5.75 Å². The smallest absolute Gasteiger partial charge is 0.409 e. The summed E-state index contributed by atoms with van der Waals surface area (Å²) in [6.45, 7) is 3.67. The third-order valence-corrected chi connectivity index (χ3v) is 7.94. The van der Waals surface area contributed by atoms with Gasteiger partial charge in [-0.05, 0) is 44.7 Å². The van der Waals surface area contributed by atoms with E-state index in [4.69, 9.17) is 14.2 Å². The lowest BCUT2D eigenvalue weighted by atomic mass is 10.0. The van der Waals surface area contributed by atoms with Crippen molar-refractivity contribution in [3.63, 3.8) is 0 Å². The molecule has 2 fully saturated rings. The second-order valence-corrected chi connectivity index (χ2v) is 11.0. The maximum Gasteiger partial charge on any atom is 0.409 e. The van der Waals surface area contributed by atoms with Gasteiger partial charge in [0.15, 0.2) is 6.61 Å². The number of carboxylic acids is 1. The highest BCUT2D eigenvalue weighted by Crippen LogP contribution is 2.26. The fourth-order valence-electron chi connectivity index (χ4n) is 5.60. The fraction of sp³-hybridized carbons (Fsp3) is 0.548. The number of methoxy groups -OCH3 is 1. The Labute approximate surface area is 261 Å². The number of carbonyl (C=O) groups is 5. The van der Waals surface area contributed by atoms with E-state index < -0.39 is 29.9 Å². The van der Waals surface area contributed by atoms with Crippen LogP contribution in [0.1, 0.15) is 49.5 Å². The zero-order chi connectivity index (χ0) is 32.3. The van der Waals surface area contributed by atoms with Crippen molar-refractivity contribution in [2.24, 2.45) is 0 Å². The lowest BCUT2D eigenvalue weighted by molar-refractivity contribution is -0.139. The lowest BCUT2D eigenvalue weighted by Gasteiger charge is -2.36. The van der Waals surface area contributed by atoms with Crippen LogP contribution in [0, 0.1) is 0 Å². The van der Waals surface area contributed by atoms with Crippen molar-refractivity contribution in [2.75, 3.05) is 59.7 Å². The number of likely N-dealkylation sites (tertiary alicyclic amines) is 1. The molecule has 14 heteroatoms. The number of carboxylic acid groups (broad SMARTS) is 1. The molecule has 0 spiro atoms. The molecule has 1 aromatic carbocycles. The van der Waals surface area contributed by atoms with E-state index in [1.807, 2.05) is 0 Å². The van der Waals surface area contributed by atoms with E-state index in [1.165, 1.54) is 15.9 Å². The second-order valence-electron chi connectivity index (χ2n) is 11.0. The first-order chi connectivity index (χ1) is 21.7. The molecule has 244 valence electrons. The molecule has 2 aliphatic heterocycles. The normalized spacial score (nSPS) is 17.5. The monoisotopic (exact) mass is 627 g/mol. The number of benzene rings is 1. The molecule has 4 amide bonds. The van der Waals surface area contributed by atoms with Crippen molar-refractivity contribution in [3.05, 3.63) is 36.0 Å². The van der Waals surface area contributed by atoms with Crippen LogP contribution in [0.15, 0.2) is 30.3 Å². The van der Waals surface area contributed by atoms with Gasteiger partial charge in [-0.2, -0.15) is 0 Å². The van der Waals surface area contributed by atoms with Crippen LogP contribution < -0.4 is 10.1 Å². The summed E-state index contributed by atoms with van der Waals surface area (Å²) in [7, 11) is 1.61. The van der Waals surface area contributed by atoms with Crippen LogP contribution >= 0.6 is 0 Å². The van der Waals surface area contributed by atoms with Gasteiger partial charge in [0.1, 0.15) is 17.5 Å². The highest BCUT2D eigenvalue weighted by molar-refractivity contribution is 5.99. The average Bonchev–Trinajstić information content (AvgIpc) is 3.05. The maximum atomic E-state index is 13.5. The number of nitrogens with one attached hydrogen (secondary N) is 1. The largest absolute Gasteiger partial charge is 0.483 e. The molecule has 4 rings (SSSR count). The minimum Gasteiger partial charge on any atom is -0.483 e. The molecule has 0 aliphatic carbocycles. The SMILES string of the molecule is CCOC(=O)N1CCN(C(=O)C(CCC(=O)O)NC(=O)c2cc(OCC(=O)N3CCCCC3COC)c3ccccc3n2)CC1. The van der Waals surface area contributed by atoms with Crippen molar-refractivity contribution in [1.82, 2.24) is 25.0 Å². The Hall–Kier alpha value is -4.46. The van der Waals surface area contributed by atoms with Gasteiger partial charge >= 0.3 is 12.1 Å². The summed E-state index contributed by atoms with van der Waals surface area (Å²) >= 11 is 0. The first-order valence-corrected chi connectivity index (χ1v) is 15.3. The number of amides is 4. The van der Waals surface area contributed by atoms with Gasteiger partial charge in [0.25, 0.3) is 11.8 Å². The predicted molar refractivity (Wildman–Crippen MR) is 162 cm³/mol. The number of hydrogen-bond acceptors (Lipinski definition) is 9. The highest BCUT2D eigenvalue weighted by atomic mass is 16.6. The van der Waals surface area contributed by atoms with Crippen molar-refractivity contribution in [2.45, 2.75) is 51.1 Å². The summed E-state index contributed by atoms with van der Waals surface area (Å²) in [5.41, 5.74) is 0.401. The van der Waals surface area contributed by atoms with Gasteiger partial charge in [0.05, 0.1) is 24.8 Å². The van der Waals surface area contributed by atoms with Gasteiger partial charge in [0, 0.05) is 57.7 Å². The van der Waals surface area contributed by atoms with E-state index in [2.05, 4.69) is 10.3 Å². The van der Waals surface area contributed by atoms with E-state index in [9.17, 15) is 29.1 Å². The van der Waals surface area contributed by atoms with Crippen molar-refractivity contribution in [1.29, 1.82) is 0 Å². The van der Waals surface area contributed by atoms with Gasteiger partial charge < -0.3 is 39.3 Å². The molecule has 2 N–H and O–H groups in total. The molecule has 3 heterocycles. The summed E-state index contributed by atoms with van der Waals surface area (Å²) in [4.78, 5) is 72.7. The Balaban J connectivity index is 1.49. The predicted octanol–water partition coefficient (Wildman–Crippen LogP) is 1.91. The number of carbonyl (C=O) groups excluding carboxylic acids is 4. The van der Waals surface area contributed by atoms with Gasteiger partial charge in [-0.25, -0.2) is 9.78 Å². The van der Waals surface area contributed by atoms with Crippen molar-refractivity contribution < 1.29 is 43.3 Å². The average molecular weight is 628 g/mol. The van der Waals surface area contributed by atoms with Crippen LogP contribution in [-0.4, -0.2) is 126 Å². The van der Waals surface area contributed by atoms with E-state index in [-0.39, 0.29) is 75.6 Å². The molecular weight excluding hydrogens is 586 g/mol. The third-order valence-electron chi connectivity index (χ3n) is 7.94. The molecule has 0 saturated carbocycles. The van der Waals surface area contributed by atoms with Gasteiger partial charge in [0.2, 0.25) is 5.91 Å². The molecule has 0 bridgehead atoms. The van der Waals surface area contributed by atoms with Crippen LogP contribution in [0.25, 0.3) is 10.9 Å². The molecular formula is C31H41N5O9. The Bertz CT molecular complexity index is 1380. The Morgan fingerprint density at radius 1 is 1.04 bits per heavy atom. The molecule has 0 radical (unpaired) electrons. The van der Waals surface area contributed by atoms with Crippen LogP contribution in [0.3, 0.4) is 0 Å². The van der Waals surface area contributed by atoms with E-state index in [0.29, 0.717) is 24.1 Å². The number of pyridine rings is 1. The zero-order valence-electron chi connectivity index (χ0n) is 25.7. The van der Waals surface area contributed by atoms with E-state index in [1.54, 1.807) is 43.2 Å². The van der Waals surface area contributed by atoms with Gasteiger partial charge in [-0.3, -0.25) is 19.2 Å². The standard InChI is InChI=1S/C31H41N5O9/c1-3-44-31(42)35-16-14-34(15-17-35)30(41)24(11-12-28(38)39)33-29(40)25-18-26(22-9-4-5-10-23(22)32-25)45-20-27(37)36-13-7-6-8-21(36)19-43-2/h4-5,9-10,18,21,24H,3,6-8,11-17,19-20H2,1-2H3,(H,33,40)(H,38,39). The first kappa shape index (κ1) is 33.4. The topological polar surface area (TPSA) is 168 Å². The number of aromatic nitrogens is 1. The Morgan fingerprint density at radius 2 is 1.78 bits per heavy atom. The summed E-state index contributed by atoms with van der Waals surface area (Å²) in [6.07, 6.45) is 1.82. The summed E-state index contributed by atoms with van der Waals surface area (Å²) in [5, 5.41) is 12.6. The number of fused-ring (bicyclic) bond motifs is 1. The molecule has 1 aromatic heterocycles. The lowest BCUT2D eigenvalue weighted by Crippen LogP contribution is -2.56. The minimum atomic E-state index is -1.14. The molecule has 2 unspecified atom stereocenters. The van der Waals surface area contributed by atoms with E-state index >= 15 is 0 Å². The first-order valence-electron chi connectivity index (χ1n) is 15.3. The van der Waals surface area contributed by atoms with Gasteiger partial charge in [-0.1, -0.05) is 12.1 Å². The molecule has 14 nitrogen and oxygen atoms in total. The number of hydrogen-bond donors (Lipinski definition) is 2. The van der Waals surface area contributed by atoms with Crippen molar-refractivity contribution >= 4 is 40.7 Å². The molecule has 2 aliphatic rings. The third kappa shape index (κ3) is 8.81. The molecule has 2 saturated heterocycles. The Kier molecular flexibility index (Phi) is 11.9.